The Balaban J connectivity index is 3.21. The number of hydrogen-bond donors (Lipinski definition) is 0. The molecule has 1 aliphatic heterocycles. The SMILES string of the molecule is CCO[Si]1(OCC)N(C(C)(C)C)CCN1C(C)(C)C. The zero-order valence-electron chi connectivity index (χ0n) is 14.0. The highest BCUT2D eigenvalue weighted by atomic mass is 28.4. The predicted molar refractivity (Wildman–Crippen MR) is 81.9 cm³/mol. The van der Waals surface area contributed by atoms with Crippen LogP contribution in [-0.2, 0) is 8.85 Å². The number of hydrogen-bond acceptors (Lipinski definition) is 4. The van der Waals surface area contributed by atoms with Crippen molar-refractivity contribution in [3.05, 3.63) is 0 Å². The topological polar surface area (TPSA) is 24.9 Å². The molecule has 0 bridgehead atoms. The van der Waals surface area contributed by atoms with E-state index < -0.39 is 8.88 Å². The summed E-state index contributed by atoms with van der Waals surface area (Å²) in [7, 11) is -2.50. The Hall–Kier alpha value is 0.0569. The Morgan fingerprint density at radius 1 is 0.789 bits per heavy atom. The molecule has 1 rings (SSSR count). The van der Waals surface area contributed by atoms with Crippen LogP contribution in [0.2, 0.25) is 0 Å². The first-order chi connectivity index (χ1) is 8.59. The van der Waals surface area contributed by atoms with Crippen molar-refractivity contribution in [2.75, 3.05) is 26.3 Å². The molecule has 0 amide bonds. The van der Waals surface area contributed by atoms with Crippen molar-refractivity contribution in [2.24, 2.45) is 0 Å². The van der Waals surface area contributed by atoms with Gasteiger partial charge in [0.05, 0.1) is 0 Å². The van der Waals surface area contributed by atoms with Gasteiger partial charge in [-0.15, -0.1) is 0 Å². The van der Waals surface area contributed by atoms with E-state index in [1.807, 2.05) is 0 Å². The van der Waals surface area contributed by atoms with E-state index in [1.165, 1.54) is 0 Å². The normalized spacial score (nSPS) is 22.1. The van der Waals surface area contributed by atoms with Gasteiger partial charge in [0.1, 0.15) is 0 Å². The minimum atomic E-state index is -2.50. The molecule has 0 N–H and O–H groups in total. The highest BCUT2D eigenvalue weighted by molar-refractivity contribution is 6.62. The van der Waals surface area contributed by atoms with Crippen LogP contribution in [0.25, 0.3) is 0 Å². The minimum absolute atomic E-state index is 0.0660. The van der Waals surface area contributed by atoms with Gasteiger partial charge in [0, 0.05) is 37.4 Å². The summed E-state index contributed by atoms with van der Waals surface area (Å²) in [6.07, 6.45) is 0. The Kier molecular flexibility index (Phi) is 5.24. The number of nitrogens with zero attached hydrogens (tertiary/aromatic N) is 2. The van der Waals surface area contributed by atoms with Gasteiger partial charge in [0.2, 0.25) is 0 Å². The highest BCUT2D eigenvalue weighted by Crippen LogP contribution is 2.36. The maximum Gasteiger partial charge on any atom is 0.523 e. The van der Waals surface area contributed by atoms with Crippen LogP contribution in [0.15, 0.2) is 0 Å². The molecule has 114 valence electrons. The van der Waals surface area contributed by atoms with E-state index in [-0.39, 0.29) is 11.1 Å². The average Bonchev–Trinajstić information content (AvgIpc) is 2.57. The summed E-state index contributed by atoms with van der Waals surface area (Å²) in [5, 5.41) is 0. The van der Waals surface area contributed by atoms with Crippen LogP contribution < -0.4 is 0 Å². The molecule has 0 radical (unpaired) electrons. The maximum atomic E-state index is 6.28. The zero-order valence-corrected chi connectivity index (χ0v) is 15.0. The average molecular weight is 289 g/mol. The van der Waals surface area contributed by atoms with E-state index in [2.05, 4.69) is 64.5 Å². The second-order valence-corrected chi connectivity index (χ2v) is 9.81. The van der Waals surface area contributed by atoms with Crippen LogP contribution in [0.1, 0.15) is 55.4 Å². The molecule has 1 fully saturated rings. The fourth-order valence-electron chi connectivity index (χ4n) is 2.88. The third-order valence-corrected chi connectivity index (χ3v) is 8.00. The van der Waals surface area contributed by atoms with Crippen molar-refractivity contribution in [2.45, 2.75) is 66.5 Å². The largest absolute Gasteiger partial charge is 0.523 e. The summed E-state index contributed by atoms with van der Waals surface area (Å²) in [6, 6.07) is 0. The van der Waals surface area contributed by atoms with E-state index in [4.69, 9.17) is 8.85 Å². The zero-order chi connectivity index (χ0) is 14.9. The lowest BCUT2D eigenvalue weighted by atomic mass is 10.1. The highest BCUT2D eigenvalue weighted by Gasteiger charge is 2.61. The quantitative estimate of drug-likeness (QED) is 0.743. The van der Waals surface area contributed by atoms with Crippen molar-refractivity contribution in [3.8, 4) is 0 Å². The van der Waals surface area contributed by atoms with Crippen molar-refractivity contribution in [1.29, 1.82) is 0 Å². The summed E-state index contributed by atoms with van der Waals surface area (Å²) < 4.78 is 17.5. The third kappa shape index (κ3) is 3.39. The Labute approximate surface area is 120 Å². The Morgan fingerprint density at radius 3 is 1.32 bits per heavy atom. The maximum absolute atomic E-state index is 6.28. The van der Waals surface area contributed by atoms with E-state index in [0.29, 0.717) is 13.2 Å². The summed E-state index contributed by atoms with van der Waals surface area (Å²) in [6.45, 7) is 21.1. The molecular weight excluding hydrogens is 256 g/mol. The molecule has 4 nitrogen and oxygen atoms in total. The van der Waals surface area contributed by atoms with E-state index in [9.17, 15) is 0 Å². The van der Waals surface area contributed by atoms with Crippen molar-refractivity contribution in [1.82, 2.24) is 9.13 Å². The van der Waals surface area contributed by atoms with E-state index in [1.54, 1.807) is 0 Å². The standard InChI is InChI=1S/C14H32N2O2Si/c1-9-17-19(18-10-2)15(13(3,4)5)11-12-16(19)14(6,7)8/h9-12H2,1-8H3. The van der Waals surface area contributed by atoms with Crippen LogP contribution >= 0.6 is 0 Å². The van der Waals surface area contributed by atoms with Crippen LogP contribution in [0, 0.1) is 0 Å². The fourth-order valence-corrected chi connectivity index (χ4v) is 7.09. The minimum Gasteiger partial charge on any atom is -0.371 e. The van der Waals surface area contributed by atoms with Crippen LogP contribution in [-0.4, -0.2) is 55.4 Å². The molecule has 0 aromatic heterocycles. The smallest absolute Gasteiger partial charge is 0.371 e. The molecule has 0 aromatic carbocycles. The van der Waals surface area contributed by atoms with Crippen LogP contribution in [0.5, 0.6) is 0 Å². The van der Waals surface area contributed by atoms with Gasteiger partial charge in [-0.05, 0) is 55.4 Å². The summed E-state index contributed by atoms with van der Waals surface area (Å²) in [5.74, 6) is 0. The molecule has 0 atom stereocenters. The first-order valence-corrected chi connectivity index (χ1v) is 9.14. The first-order valence-electron chi connectivity index (χ1n) is 7.43. The monoisotopic (exact) mass is 288 g/mol. The van der Waals surface area contributed by atoms with Crippen LogP contribution in [0.3, 0.4) is 0 Å². The molecule has 0 aliphatic carbocycles. The molecule has 19 heavy (non-hydrogen) atoms. The fraction of sp³-hybridized carbons (Fsp3) is 1.00. The first kappa shape index (κ1) is 17.1. The molecule has 0 aromatic rings. The van der Waals surface area contributed by atoms with Gasteiger partial charge in [-0.25, -0.2) is 0 Å². The van der Waals surface area contributed by atoms with Crippen molar-refractivity contribution >= 4 is 8.88 Å². The molecule has 5 heteroatoms. The van der Waals surface area contributed by atoms with Gasteiger partial charge in [0.15, 0.2) is 0 Å². The molecule has 0 unspecified atom stereocenters. The predicted octanol–water partition coefficient (Wildman–Crippen LogP) is 2.71. The molecule has 0 spiro atoms. The third-order valence-electron chi connectivity index (χ3n) is 3.51. The van der Waals surface area contributed by atoms with Gasteiger partial charge in [-0.2, -0.15) is 0 Å². The van der Waals surface area contributed by atoms with E-state index >= 15 is 0 Å². The summed E-state index contributed by atoms with van der Waals surface area (Å²) in [4.78, 5) is 0. The van der Waals surface area contributed by atoms with Crippen molar-refractivity contribution in [3.63, 3.8) is 0 Å². The molecule has 0 saturated carbocycles. The van der Waals surface area contributed by atoms with Gasteiger partial charge in [-0.3, -0.25) is 9.13 Å². The summed E-state index contributed by atoms with van der Waals surface area (Å²) >= 11 is 0. The lowest BCUT2D eigenvalue weighted by Gasteiger charge is -2.47. The van der Waals surface area contributed by atoms with Gasteiger partial charge >= 0.3 is 8.88 Å². The lowest BCUT2D eigenvalue weighted by Crippen LogP contribution is -2.71. The second-order valence-electron chi connectivity index (χ2n) is 7.06. The lowest BCUT2D eigenvalue weighted by molar-refractivity contribution is 0.0494. The molecule has 1 heterocycles. The van der Waals surface area contributed by atoms with Gasteiger partial charge in [-0.1, -0.05) is 0 Å². The second kappa shape index (κ2) is 5.82. The van der Waals surface area contributed by atoms with Gasteiger partial charge in [0.25, 0.3) is 0 Å². The number of rotatable bonds is 4. The van der Waals surface area contributed by atoms with Crippen molar-refractivity contribution < 1.29 is 8.85 Å². The molecule has 1 saturated heterocycles. The summed E-state index contributed by atoms with van der Waals surface area (Å²) in [5.41, 5.74) is 0.132. The Morgan fingerprint density at radius 2 is 1.11 bits per heavy atom. The van der Waals surface area contributed by atoms with Crippen LogP contribution in [0.4, 0.5) is 0 Å². The van der Waals surface area contributed by atoms with Gasteiger partial charge < -0.3 is 8.85 Å². The van der Waals surface area contributed by atoms with E-state index in [0.717, 1.165) is 13.1 Å². The Bertz CT molecular complexity index is 267. The molecular formula is C14H32N2O2Si. The molecule has 1 aliphatic rings.